The van der Waals surface area contributed by atoms with Crippen LogP contribution in [-0.2, 0) is 6.61 Å². The highest BCUT2D eigenvalue weighted by Gasteiger charge is 2.16. The van der Waals surface area contributed by atoms with E-state index in [0.29, 0.717) is 15.7 Å². The SMILES string of the molecule is O=C(Nc1cccc(CO)c1)c1ccc(Br)c([N+](=O)[O-])c1. The Morgan fingerprint density at radius 2 is 2.05 bits per heavy atom. The maximum atomic E-state index is 12.1. The second-order valence-electron chi connectivity index (χ2n) is 4.24. The molecular weight excluding hydrogens is 340 g/mol. The van der Waals surface area contributed by atoms with E-state index in [2.05, 4.69) is 21.2 Å². The molecule has 0 heterocycles. The predicted molar refractivity (Wildman–Crippen MR) is 81.1 cm³/mol. The minimum atomic E-state index is -0.562. The normalized spacial score (nSPS) is 10.2. The van der Waals surface area contributed by atoms with Crippen molar-refractivity contribution in [3.05, 3.63) is 68.2 Å². The Morgan fingerprint density at radius 1 is 1.29 bits per heavy atom. The predicted octanol–water partition coefficient (Wildman–Crippen LogP) is 3.10. The zero-order valence-electron chi connectivity index (χ0n) is 10.7. The number of nitro benzene ring substituents is 1. The summed E-state index contributed by atoms with van der Waals surface area (Å²) in [6.07, 6.45) is 0. The molecule has 2 aromatic carbocycles. The molecule has 7 heteroatoms. The van der Waals surface area contributed by atoms with E-state index in [1.165, 1.54) is 18.2 Å². The highest BCUT2D eigenvalue weighted by Crippen LogP contribution is 2.26. The first-order chi connectivity index (χ1) is 10.0. The van der Waals surface area contributed by atoms with Gasteiger partial charge in [-0.3, -0.25) is 14.9 Å². The van der Waals surface area contributed by atoms with Gasteiger partial charge in [0.15, 0.2) is 0 Å². The molecule has 6 nitrogen and oxygen atoms in total. The maximum absolute atomic E-state index is 12.1. The number of carbonyl (C=O) groups excluding carboxylic acids is 1. The van der Waals surface area contributed by atoms with Crippen LogP contribution in [0.15, 0.2) is 46.9 Å². The van der Waals surface area contributed by atoms with Crippen molar-refractivity contribution in [3.63, 3.8) is 0 Å². The van der Waals surface area contributed by atoms with Gasteiger partial charge in [-0.1, -0.05) is 12.1 Å². The zero-order valence-corrected chi connectivity index (χ0v) is 12.3. The zero-order chi connectivity index (χ0) is 15.4. The molecule has 0 spiro atoms. The number of rotatable bonds is 4. The molecule has 0 aliphatic rings. The molecule has 2 rings (SSSR count). The summed E-state index contributed by atoms with van der Waals surface area (Å²) in [6, 6.07) is 10.9. The van der Waals surface area contributed by atoms with E-state index in [4.69, 9.17) is 5.11 Å². The molecule has 0 saturated heterocycles. The fraction of sp³-hybridized carbons (Fsp3) is 0.0714. The lowest BCUT2D eigenvalue weighted by Gasteiger charge is -2.07. The minimum absolute atomic E-state index is 0.131. The van der Waals surface area contributed by atoms with E-state index in [1.54, 1.807) is 24.3 Å². The van der Waals surface area contributed by atoms with Crippen LogP contribution in [0.4, 0.5) is 11.4 Å². The van der Waals surface area contributed by atoms with E-state index >= 15 is 0 Å². The Kier molecular flexibility index (Phi) is 4.66. The van der Waals surface area contributed by atoms with Gasteiger partial charge in [-0.05, 0) is 45.8 Å². The number of hydrogen-bond acceptors (Lipinski definition) is 4. The summed E-state index contributed by atoms with van der Waals surface area (Å²) in [4.78, 5) is 22.4. The number of hydrogen-bond donors (Lipinski definition) is 2. The number of aliphatic hydroxyl groups is 1. The second kappa shape index (κ2) is 6.47. The van der Waals surface area contributed by atoms with Gasteiger partial charge in [-0.25, -0.2) is 0 Å². The van der Waals surface area contributed by atoms with E-state index in [1.807, 2.05) is 0 Å². The van der Waals surface area contributed by atoms with Crippen molar-refractivity contribution in [1.82, 2.24) is 0 Å². The standard InChI is InChI=1S/C14H11BrN2O4/c15-12-5-4-10(7-13(12)17(20)21)14(19)16-11-3-1-2-9(6-11)8-18/h1-7,18H,8H2,(H,16,19). The molecule has 0 saturated carbocycles. The molecule has 0 atom stereocenters. The van der Waals surface area contributed by atoms with Gasteiger partial charge in [0, 0.05) is 17.3 Å². The molecule has 0 aliphatic carbocycles. The van der Waals surface area contributed by atoms with Crippen LogP contribution >= 0.6 is 15.9 Å². The van der Waals surface area contributed by atoms with Crippen molar-refractivity contribution in [2.75, 3.05) is 5.32 Å². The highest BCUT2D eigenvalue weighted by molar-refractivity contribution is 9.10. The average molecular weight is 351 g/mol. The van der Waals surface area contributed by atoms with Gasteiger partial charge in [0.05, 0.1) is 16.0 Å². The molecule has 0 aromatic heterocycles. The first kappa shape index (κ1) is 15.1. The topological polar surface area (TPSA) is 92.5 Å². The number of aliphatic hydroxyl groups excluding tert-OH is 1. The minimum Gasteiger partial charge on any atom is -0.392 e. The second-order valence-corrected chi connectivity index (χ2v) is 5.09. The van der Waals surface area contributed by atoms with Crippen LogP contribution < -0.4 is 5.32 Å². The van der Waals surface area contributed by atoms with Crippen molar-refractivity contribution in [2.24, 2.45) is 0 Å². The summed E-state index contributed by atoms with van der Waals surface area (Å²) in [6.45, 7) is -0.131. The van der Waals surface area contributed by atoms with Gasteiger partial charge in [0.2, 0.25) is 0 Å². The van der Waals surface area contributed by atoms with Crippen LogP contribution in [0, 0.1) is 10.1 Å². The Morgan fingerprint density at radius 3 is 2.71 bits per heavy atom. The third kappa shape index (κ3) is 3.65. The molecule has 2 N–H and O–H groups in total. The van der Waals surface area contributed by atoms with E-state index in [9.17, 15) is 14.9 Å². The van der Waals surface area contributed by atoms with Crippen molar-refractivity contribution in [3.8, 4) is 0 Å². The largest absolute Gasteiger partial charge is 0.392 e. The Hall–Kier alpha value is -2.25. The fourth-order valence-electron chi connectivity index (χ4n) is 1.74. The first-order valence-electron chi connectivity index (χ1n) is 5.96. The number of anilines is 1. The Bertz CT molecular complexity index is 703. The summed E-state index contributed by atoms with van der Waals surface area (Å²) >= 11 is 3.06. The van der Waals surface area contributed by atoms with Crippen molar-refractivity contribution < 1.29 is 14.8 Å². The summed E-state index contributed by atoms with van der Waals surface area (Å²) in [5, 5.41) is 22.5. The molecule has 0 unspecified atom stereocenters. The maximum Gasteiger partial charge on any atom is 0.284 e. The average Bonchev–Trinajstić information content (AvgIpc) is 2.47. The number of nitrogens with zero attached hydrogens (tertiary/aromatic N) is 1. The number of benzene rings is 2. The van der Waals surface area contributed by atoms with Crippen LogP contribution in [0.25, 0.3) is 0 Å². The molecule has 0 fully saturated rings. The van der Waals surface area contributed by atoms with Gasteiger partial charge in [0.1, 0.15) is 0 Å². The van der Waals surface area contributed by atoms with Crippen LogP contribution in [0.2, 0.25) is 0 Å². The number of halogens is 1. The van der Waals surface area contributed by atoms with Gasteiger partial charge in [-0.15, -0.1) is 0 Å². The quantitative estimate of drug-likeness (QED) is 0.654. The van der Waals surface area contributed by atoms with Crippen molar-refractivity contribution >= 4 is 33.2 Å². The molecule has 1 amide bonds. The lowest BCUT2D eigenvalue weighted by Crippen LogP contribution is -2.12. The molecule has 108 valence electrons. The lowest BCUT2D eigenvalue weighted by atomic mass is 10.1. The number of amides is 1. The molecule has 0 aliphatic heterocycles. The lowest BCUT2D eigenvalue weighted by molar-refractivity contribution is -0.385. The van der Waals surface area contributed by atoms with Gasteiger partial charge < -0.3 is 10.4 Å². The number of carbonyl (C=O) groups is 1. The monoisotopic (exact) mass is 350 g/mol. The van der Waals surface area contributed by atoms with E-state index in [0.717, 1.165) is 0 Å². The molecular formula is C14H11BrN2O4. The molecule has 0 bridgehead atoms. The molecule has 2 aromatic rings. The smallest absolute Gasteiger partial charge is 0.284 e. The number of nitrogens with one attached hydrogen (secondary N) is 1. The van der Waals surface area contributed by atoms with Crippen LogP contribution in [0.5, 0.6) is 0 Å². The van der Waals surface area contributed by atoms with Gasteiger partial charge in [0.25, 0.3) is 11.6 Å². The van der Waals surface area contributed by atoms with Crippen LogP contribution in [-0.4, -0.2) is 15.9 Å². The van der Waals surface area contributed by atoms with Crippen LogP contribution in [0.3, 0.4) is 0 Å². The molecule has 21 heavy (non-hydrogen) atoms. The molecule has 0 radical (unpaired) electrons. The first-order valence-corrected chi connectivity index (χ1v) is 6.75. The van der Waals surface area contributed by atoms with Gasteiger partial charge in [-0.2, -0.15) is 0 Å². The summed E-state index contributed by atoms with van der Waals surface area (Å²) in [5.74, 6) is -0.458. The van der Waals surface area contributed by atoms with Crippen molar-refractivity contribution in [1.29, 1.82) is 0 Å². The highest BCUT2D eigenvalue weighted by atomic mass is 79.9. The summed E-state index contributed by atoms with van der Waals surface area (Å²) in [7, 11) is 0. The van der Waals surface area contributed by atoms with E-state index in [-0.39, 0.29) is 17.9 Å². The fourth-order valence-corrected chi connectivity index (χ4v) is 2.14. The van der Waals surface area contributed by atoms with Crippen molar-refractivity contribution in [2.45, 2.75) is 6.61 Å². The van der Waals surface area contributed by atoms with Crippen LogP contribution in [0.1, 0.15) is 15.9 Å². The Balaban J connectivity index is 2.24. The number of nitro groups is 1. The third-order valence-electron chi connectivity index (χ3n) is 2.77. The van der Waals surface area contributed by atoms with E-state index < -0.39 is 10.8 Å². The third-order valence-corrected chi connectivity index (χ3v) is 3.44. The summed E-state index contributed by atoms with van der Waals surface area (Å²) in [5.41, 5.74) is 1.18. The Labute approximate surface area is 128 Å². The summed E-state index contributed by atoms with van der Waals surface area (Å²) < 4.78 is 0.311. The van der Waals surface area contributed by atoms with Gasteiger partial charge >= 0.3 is 0 Å².